The fraction of sp³-hybridized carbons (Fsp3) is 0.429. The zero-order chi connectivity index (χ0) is 13.8. The molecule has 1 aliphatic rings. The summed E-state index contributed by atoms with van der Waals surface area (Å²) >= 11 is 0. The van der Waals surface area contributed by atoms with Crippen molar-refractivity contribution in [3.63, 3.8) is 0 Å². The number of rotatable bonds is 6. The number of hydrogen-bond acceptors (Lipinski definition) is 5. The maximum Gasteiger partial charge on any atom is 0.231 e. The molecule has 19 heavy (non-hydrogen) atoms. The molecule has 0 saturated carbocycles. The maximum absolute atomic E-state index is 5.82. The van der Waals surface area contributed by atoms with Crippen LogP contribution in [0.2, 0.25) is 0 Å². The average molecular weight is 264 g/mol. The van der Waals surface area contributed by atoms with Gasteiger partial charge in [-0.15, -0.1) is 0 Å². The summed E-state index contributed by atoms with van der Waals surface area (Å²) in [6.07, 6.45) is 0. The Labute approximate surface area is 113 Å². The van der Waals surface area contributed by atoms with Crippen molar-refractivity contribution >= 4 is 0 Å². The molecule has 3 N–H and O–H groups in total. The number of benzene rings is 1. The van der Waals surface area contributed by atoms with Crippen molar-refractivity contribution in [1.82, 2.24) is 5.32 Å². The first-order chi connectivity index (χ1) is 9.15. The Kier molecular flexibility index (Phi) is 4.29. The van der Waals surface area contributed by atoms with Gasteiger partial charge in [0.05, 0.1) is 7.11 Å². The van der Waals surface area contributed by atoms with E-state index in [0.29, 0.717) is 23.8 Å². The van der Waals surface area contributed by atoms with Gasteiger partial charge in [0.15, 0.2) is 11.5 Å². The zero-order valence-corrected chi connectivity index (χ0v) is 11.4. The van der Waals surface area contributed by atoms with Crippen molar-refractivity contribution in [1.29, 1.82) is 0 Å². The molecule has 0 bridgehead atoms. The van der Waals surface area contributed by atoms with Crippen LogP contribution in [0.5, 0.6) is 17.2 Å². The second-order valence-electron chi connectivity index (χ2n) is 4.58. The van der Waals surface area contributed by atoms with Crippen LogP contribution in [0.3, 0.4) is 0 Å². The minimum Gasteiger partial charge on any atom is -0.493 e. The molecule has 0 radical (unpaired) electrons. The Balaban J connectivity index is 2.25. The summed E-state index contributed by atoms with van der Waals surface area (Å²) in [5.41, 5.74) is 7.90. The number of fused-ring (bicyclic) bond motifs is 1. The largest absolute Gasteiger partial charge is 0.493 e. The first-order valence-corrected chi connectivity index (χ1v) is 6.21. The lowest BCUT2D eigenvalue weighted by Gasteiger charge is -2.18. The molecule has 1 heterocycles. The van der Waals surface area contributed by atoms with Gasteiger partial charge in [-0.2, -0.15) is 0 Å². The predicted molar refractivity (Wildman–Crippen MR) is 73.7 cm³/mol. The van der Waals surface area contributed by atoms with Crippen LogP contribution >= 0.6 is 0 Å². The van der Waals surface area contributed by atoms with Gasteiger partial charge in [-0.25, -0.2) is 0 Å². The van der Waals surface area contributed by atoms with Gasteiger partial charge in [-0.05, 0) is 24.6 Å². The van der Waals surface area contributed by atoms with E-state index < -0.39 is 0 Å². The van der Waals surface area contributed by atoms with Gasteiger partial charge in [0.25, 0.3) is 0 Å². The van der Waals surface area contributed by atoms with Crippen molar-refractivity contribution in [2.45, 2.75) is 13.0 Å². The van der Waals surface area contributed by atoms with Crippen molar-refractivity contribution in [3.8, 4) is 17.2 Å². The zero-order valence-electron chi connectivity index (χ0n) is 11.4. The highest BCUT2D eigenvalue weighted by molar-refractivity contribution is 5.55. The van der Waals surface area contributed by atoms with E-state index in [0.717, 1.165) is 17.7 Å². The Bertz CT molecular complexity index is 474. The molecule has 0 aliphatic carbocycles. The monoisotopic (exact) mass is 264 g/mol. The van der Waals surface area contributed by atoms with E-state index in [9.17, 15) is 0 Å². The summed E-state index contributed by atoms with van der Waals surface area (Å²) < 4.78 is 16.1. The molecule has 0 aromatic heterocycles. The van der Waals surface area contributed by atoms with Crippen LogP contribution in [-0.2, 0) is 0 Å². The molecule has 0 fully saturated rings. The molecule has 1 unspecified atom stereocenters. The molecule has 0 spiro atoms. The highest BCUT2D eigenvalue weighted by Crippen LogP contribution is 2.42. The summed E-state index contributed by atoms with van der Waals surface area (Å²) in [6, 6.07) is 3.89. The van der Waals surface area contributed by atoms with E-state index in [1.807, 2.05) is 19.1 Å². The Hall–Kier alpha value is -1.72. The van der Waals surface area contributed by atoms with Crippen molar-refractivity contribution < 1.29 is 14.2 Å². The topological polar surface area (TPSA) is 65.7 Å². The first-order valence-electron chi connectivity index (χ1n) is 6.21. The third-order valence-corrected chi connectivity index (χ3v) is 2.97. The second kappa shape index (κ2) is 5.95. The fourth-order valence-corrected chi connectivity index (χ4v) is 1.99. The van der Waals surface area contributed by atoms with Crippen LogP contribution < -0.4 is 25.3 Å². The van der Waals surface area contributed by atoms with Crippen LogP contribution in [0.1, 0.15) is 18.5 Å². The van der Waals surface area contributed by atoms with Crippen molar-refractivity contribution in [2.24, 2.45) is 5.73 Å². The standard InChI is InChI=1S/C14H20N2O3/c1-9(2)7-16-11(6-15)10-4-12(17-3)14-13(5-10)18-8-19-14/h4-5,11,16H,1,6-8,15H2,2-3H3. The number of methoxy groups -OCH3 is 1. The molecule has 1 aromatic carbocycles. The minimum absolute atomic E-state index is 0.0279. The molecule has 104 valence electrons. The fourth-order valence-electron chi connectivity index (χ4n) is 1.99. The summed E-state index contributed by atoms with van der Waals surface area (Å²) in [5, 5.41) is 3.35. The van der Waals surface area contributed by atoms with Gasteiger partial charge >= 0.3 is 0 Å². The summed E-state index contributed by atoms with van der Waals surface area (Å²) in [7, 11) is 1.61. The minimum atomic E-state index is 0.0279. The van der Waals surface area contributed by atoms with E-state index in [1.54, 1.807) is 7.11 Å². The van der Waals surface area contributed by atoms with E-state index in [2.05, 4.69) is 11.9 Å². The lowest BCUT2D eigenvalue weighted by Crippen LogP contribution is -2.29. The molecule has 1 aromatic rings. The lowest BCUT2D eigenvalue weighted by atomic mass is 10.1. The molecular formula is C14H20N2O3. The van der Waals surface area contributed by atoms with Gasteiger partial charge < -0.3 is 25.3 Å². The van der Waals surface area contributed by atoms with Gasteiger partial charge in [0.2, 0.25) is 12.5 Å². The number of nitrogens with one attached hydrogen (secondary N) is 1. The van der Waals surface area contributed by atoms with Crippen LogP contribution in [0.4, 0.5) is 0 Å². The molecule has 5 nitrogen and oxygen atoms in total. The number of nitrogens with two attached hydrogens (primary N) is 1. The smallest absolute Gasteiger partial charge is 0.231 e. The summed E-state index contributed by atoms with van der Waals surface area (Å²) in [4.78, 5) is 0. The SMILES string of the molecule is C=C(C)CNC(CN)c1cc(OC)c2c(c1)OCO2. The molecule has 0 saturated heterocycles. The predicted octanol–water partition coefficient (Wildman–Crippen LogP) is 1.59. The lowest BCUT2D eigenvalue weighted by molar-refractivity contribution is 0.171. The molecule has 2 rings (SSSR count). The van der Waals surface area contributed by atoms with Crippen molar-refractivity contribution in [3.05, 3.63) is 29.8 Å². The highest BCUT2D eigenvalue weighted by atomic mass is 16.7. The highest BCUT2D eigenvalue weighted by Gasteiger charge is 2.22. The molecule has 5 heteroatoms. The average Bonchev–Trinajstić information content (AvgIpc) is 2.86. The number of hydrogen-bond donors (Lipinski definition) is 2. The third-order valence-electron chi connectivity index (χ3n) is 2.97. The quantitative estimate of drug-likeness (QED) is 0.764. The van der Waals surface area contributed by atoms with Gasteiger partial charge in [0.1, 0.15) is 0 Å². The van der Waals surface area contributed by atoms with Crippen LogP contribution in [-0.4, -0.2) is 27.0 Å². The van der Waals surface area contributed by atoms with Crippen molar-refractivity contribution in [2.75, 3.05) is 27.0 Å². The number of ether oxygens (including phenoxy) is 3. The summed E-state index contributed by atoms with van der Waals surface area (Å²) in [5.74, 6) is 2.02. The Morgan fingerprint density at radius 1 is 1.53 bits per heavy atom. The normalized spacial score (nSPS) is 14.3. The van der Waals surface area contributed by atoms with E-state index in [4.69, 9.17) is 19.9 Å². The second-order valence-corrected chi connectivity index (χ2v) is 4.58. The first kappa shape index (κ1) is 13.7. The van der Waals surface area contributed by atoms with E-state index in [1.165, 1.54) is 0 Å². The molecule has 1 aliphatic heterocycles. The molecule has 0 amide bonds. The van der Waals surface area contributed by atoms with Crippen LogP contribution in [0.25, 0.3) is 0 Å². The van der Waals surface area contributed by atoms with Gasteiger partial charge in [-0.3, -0.25) is 0 Å². The van der Waals surface area contributed by atoms with E-state index >= 15 is 0 Å². The maximum atomic E-state index is 5.82. The molecular weight excluding hydrogens is 244 g/mol. The Morgan fingerprint density at radius 3 is 2.95 bits per heavy atom. The van der Waals surface area contributed by atoms with Gasteiger partial charge in [-0.1, -0.05) is 12.2 Å². The van der Waals surface area contributed by atoms with Crippen LogP contribution in [0, 0.1) is 0 Å². The summed E-state index contributed by atoms with van der Waals surface area (Å²) in [6.45, 7) is 7.27. The Morgan fingerprint density at radius 2 is 2.32 bits per heavy atom. The van der Waals surface area contributed by atoms with Gasteiger partial charge in [0, 0.05) is 19.1 Å². The third kappa shape index (κ3) is 3.00. The van der Waals surface area contributed by atoms with E-state index in [-0.39, 0.29) is 12.8 Å². The van der Waals surface area contributed by atoms with Crippen LogP contribution in [0.15, 0.2) is 24.3 Å². The molecule has 1 atom stereocenters.